The van der Waals surface area contributed by atoms with Gasteiger partial charge in [0.25, 0.3) is 0 Å². The van der Waals surface area contributed by atoms with Gasteiger partial charge in [-0.2, -0.15) is 5.26 Å². The molecule has 4 aromatic rings. The molecule has 0 unspecified atom stereocenters. The van der Waals surface area contributed by atoms with Gasteiger partial charge in [-0.05, 0) is 30.5 Å². The van der Waals surface area contributed by atoms with Gasteiger partial charge in [-0.15, -0.1) is 32.9 Å². The van der Waals surface area contributed by atoms with Gasteiger partial charge in [0.05, 0.1) is 29.5 Å². The number of carbonyl (C=O) groups is 1. The maximum Gasteiger partial charge on any atom is 0.196 e. The zero-order chi connectivity index (χ0) is 21.8. The summed E-state index contributed by atoms with van der Waals surface area (Å²) < 4.78 is 7.43. The predicted molar refractivity (Wildman–Crippen MR) is 122 cm³/mol. The number of thioether (sulfide) groups is 1. The van der Waals surface area contributed by atoms with Crippen molar-refractivity contribution in [1.82, 2.24) is 19.7 Å². The van der Waals surface area contributed by atoms with Crippen molar-refractivity contribution in [2.75, 3.05) is 12.9 Å². The van der Waals surface area contributed by atoms with Crippen LogP contribution in [0.4, 0.5) is 0 Å². The van der Waals surface area contributed by atoms with Crippen LogP contribution in [0.1, 0.15) is 16.6 Å². The number of hydrogen-bond acceptors (Lipinski definition) is 9. The number of ether oxygens (including phenoxy) is 1. The Bertz CT molecular complexity index is 1240. The van der Waals surface area contributed by atoms with Crippen LogP contribution in [0, 0.1) is 18.3 Å². The highest BCUT2D eigenvalue weighted by Gasteiger charge is 2.25. The minimum atomic E-state index is -0.884. The van der Waals surface area contributed by atoms with Gasteiger partial charge in [0.2, 0.25) is 0 Å². The van der Waals surface area contributed by atoms with Gasteiger partial charge in [-0.3, -0.25) is 9.36 Å². The van der Waals surface area contributed by atoms with Crippen LogP contribution < -0.4 is 4.74 Å². The van der Waals surface area contributed by atoms with Crippen molar-refractivity contribution in [1.29, 1.82) is 5.26 Å². The predicted octanol–water partition coefficient (Wildman–Crippen LogP) is 4.74. The minimum Gasteiger partial charge on any atom is -0.495 e. The van der Waals surface area contributed by atoms with Gasteiger partial charge in [-0.1, -0.05) is 30.0 Å². The number of nitriles is 1. The van der Waals surface area contributed by atoms with Crippen molar-refractivity contribution >= 4 is 40.2 Å². The number of thiophene rings is 1. The summed E-state index contributed by atoms with van der Waals surface area (Å²) >= 11 is 4.13. The van der Waals surface area contributed by atoms with E-state index in [2.05, 4.69) is 21.3 Å². The Labute approximate surface area is 191 Å². The fourth-order valence-corrected chi connectivity index (χ4v) is 5.36. The monoisotopic (exact) mass is 467 g/mol. The molecule has 0 N–H and O–H groups in total. The average molecular weight is 468 g/mol. The molecule has 0 fully saturated rings. The molecule has 1 aromatic carbocycles. The summed E-state index contributed by atoms with van der Waals surface area (Å²) in [5.74, 6) is 0.317. The topological polar surface area (TPSA) is 93.7 Å². The minimum absolute atomic E-state index is 0.0780. The number of benzene rings is 1. The van der Waals surface area contributed by atoms with Crippen LogP contribution in [-0.2, 0) is 4.79 Å². The molecule has 1 atom stereocenters. The number of carbonyl (C=O) groups excluding carboxylic acids is 1. The lowest BCUT2D eigenvalue weighted by molar-refractivity contribution is -0.116. The highest BCUT2D eigenvalue weighted by atomic mass is 32.2. The third-order valence-electron chi connectivity index (χ3n) is 4.38. The van der Waals surface area contributed by atoms with E-state index in [0.717, 1.165) is 16.3 Å². The second kappa shape index (κ2) is 9.43. The van der Waals surface area contributed by atoms with Gasteiger partial charge >= 0.3 is 0 Å². The Morgan fingerprint density at radius 3 is 2.77 bits per heavy atom. The van der Waals surface area contributed by atoms with Gasteiger partial charge in [0.1, 0.15) is 10.8 Å². The second-order valence-electron chi connectivity index (χ2n) is 6.43. The molecule has 10 heteroatoms. The van der Waals surface area contributed by atoms with Crippen LogP contribution in [0.5, 0.6) is 5.75 Å². The van der Waals surface area contributed by atoms with E-state index >= 15 is 0 Å². The number of Topliss-reactive ketones (excluding diaryl/α,β-unsaturated/α-hetero) is 1. The maximum absolute atomic E-state index is 12.8. The van der Waals surface area contributed by atoms with E-state index in [1.54, 1.807) is 18.4 Å². The number of para-hydroxylation sites is 2. The Morgan fingerprint density at radius 1 is 1.26 bits per heavy atom. The highest BCUT2D eigenvalue weighted by molar-refractivity contribution is 7.99. The smallest absolute Gasteiger partial charge is 0.196 e. The molecule has 0 amide bonds. The second-order valence-corrected chi connectivity index (χ2v) is 9.21. The number of aromatic nitrogens is 4. The zero-order valence-corrected chi connectivity index (χ0v) is 19.1. The molecule has 0 saturated heterocycles. The van der Waals surface area contributed by atoms with Crippen molar-refractivity contribution in [3.63, 3.8) is 0 Å². The summed E-state index contributed by atoms with van der Waals surface area (Å²) in [6.07, 6.45) is 0. The van der Waals surface area contributed by atoms with Crippen LogP contribution in [0.3, 0.4) is 0 Å². The van der Waals surface area contributed by atoms with Crippen LogP contribution in [-0.4, -0.2) is 38.4 Å². The highest BCUT2D eigenvalue weighted by Crippen LogP contribution is 2.34. The average Bonchev–Trinajstić information content (AvgIpc) is 3.53. The standard InChI is InChI=1S/C21H17N5O2S3/c1-13-11-30-20(23-13)14(10-22)16(27)12-31-21-25-24-19(18-8-5-9-29-18)26(21)15-6-3-4-7-17(15)28-2/h3-9,11,14H,12H2,1-2H3/t14-/m1/s1. The normalized spacial score (nSPS) is 11.8. The molecule has 0 aliphatic rings. The molecule has 0 aliphatic heterocycles. The third-order valence-corrected chi connectivity index (χ3v) is 7.22. The van der Waals surface area contributed by atoms with E-state index in [1.807, 2.05) is 58.6 Å². The number of aryl methyl sites for hydroxylation is 1. The number of thiazole rings is 1. The van der Waals surface area contributed by atoms with Crippen LogP contribution >= 0.6 is 34.4 Å². The third kappa shape index (κ3) is 4.39. The molecule has 0 saturated carbocycles. The van der Waals surface area contributed by atoms with E-state index in [0.29, 0.717) is 21.7 Å². The SMILES string of the molecule is COc1ccccc1-n1c(SCC(=O)[C@@H](C#N)c2nc(C)cs2)nnc1-c1cccs1. The fourth-order valence-electron chi connectivity index (χ4n) is 2.95. The molecular weight excluding hydrogens is 450 g/mol. The number of hydrogen-bond donors (Lipinski definition) is 0. The number of methoxy groups -OCH3 is 1. The van der Waals surface area contributed by atoms with Gasteiger partial charge in [0.15, 0.2) is 22.7 Å². The van der Waals surface area contributed by atoms with Crippen molar-refractivity contribution in [2.24, 2.45) is 0 Å². The van der Waals surface area contributed by atoms with Crippen LogP contribution in [0.25, 0.3) is 16.4 Å². The molecule has 0 spiro atoms. The molecule has 3 heterocycles. The first-order chi connectivity index (χ1) is 15.1. The van der Waals surface area contributed by atoms with Gasteiger partial charge < -0.3 is 4.74 Å². The summed E-state index contributed by atoms with van der Waals surface area (Å²) in [5, 5.41) is 23.1. The summed E-state index contributed by atoms with van der Waals surface area (Å²) in [5.41, 5.74) is 1.58. The van der Waals surface area contributed by atoms with E-state index in [-0.39, 0.29) is 11.5 Å². The first kappa shape index (κ1) is 21.2. The Morgan fingerprint density at radius 2 is 2.10 bits per heavy atom. The van der Waals surface area contributed by atoms with E-state index in [9.17, 15) is 10.1 Å². The lowest BCUT2D eigenvalue weighted by atomic mass is 10.1. The summed E-state index contributed by atoms with van der Waals surface area (Å²) in [4.78, 5) is 18.1. The molecular formula is C21H17N5O2S3. The zero-order valence-electron chi connectivity index (χ0n) is 16.7. The molecule has 3 aromatic heterocycles. The summed E-state index contributed by atoms with van der Waals surface area (Å²) in [7, 11) is 1.61. The maximum atomic E-state index is 12.8. The lowest BCUT2D eigenvalue weighted by Crippen LogP contribution is -2.14. The van der Waals surface area contributed by atoms with Gasteiger partial charge in [-0.25, -0.2) is 4.98 Å². The number of ketones is 1. The Kier molecular flexibility index (Phi) is 6.46. The molecule has 156 valence electrons. The number of nitrogens with zero attached hydrogens (tertiary/aromatic N) is 5. The fraction of sp³-hybridized carbons (Fsp3) is 0.190. The molecule has 31 heavy (non-hydrogen) atoms. The first-order valence-electron chi connectivity index (χ1n) is 9.22. The van der Waals surface area contributed by atoms with E-state index in [4.69, 9.17) is 4.74 Å². The molecule has 4 rings (SSSR count). The first-order valence-corrected chi connectivity index (χ1v) is 12.0. The van der Waals surface area contributed by atoms with E-state index in [1.165, 1.54) is 23.1 Å². The van der Waals surface area contributed by atoms with Crippen molar-refractivity contribution in [2.45, 2.75) is 18.0 Å². The Hall–Kier alpha value is -3.00. The molecule has 0 aliphatic carbocycles. The van der Waals surface area contributed by atoms with Gasteiger partial charge in [0, 0.05) is 11.1 Å². The van der Waals surface area contributed by atoms with Crippen molar-refractivity contribution < 1.29 is 9.53 Å². The molecule has 0 bridgehead atoms. The van der Waals surface area contributed by atoms with E-state index < -0.39 is 5.92 Å². The number of rotatable bonds is 8. The van der Waals surface area contributed by atoms with Crippen LogP contribution in [0.2, 0.25) is 0 Å². The quantitative estimate of drug-likeness (QED) is 0.346. The lowest BCUT2D eigenvalue weighted by Gasteiger charge is -2.13. The molecule has 0 radical (unpaired) electrons. The molecule has 7 nitrogen and oxygen atoms in total. The largest absolute Gasteiger partial charge is 0.495 e. The van der Waals surface area contributed by atoms with Crippen molar-refractivity contribution in [3.8, 4) is 28.2 Å². The summed E-state index contributed by atoms with van der Waals surface area (Å²) in [6, 6.07) is 13.6. The van der Waals surface area contributed by atoms with Crippen LogP contribution in [0.15, 0.2) is 52.3 Å². The Balaban J connectivity index is 1.66. The van der Waals surface area contributed by atoms with Crippen molar-refractivity contribution in [3.05, 3.63) is 57.9 Å². The summed E-state index contributed by atoms with van der Waals surface area (Å²) in [6.45, 7) is 1.84.